The third-order valence-electron chi connectivity index (χ3n) is 8.31. The molecule has 0 radical (unpaired) electrons. The predicted molar refractivity (Wildman–Crippen MR) is 169 cm³/mol. The van der Waals surface area contributed by atoms with Crippen LogP contribution >= 0.6 is 0 Å². The molecule has 2 aromatic rings. The number of benzene rings is 1. The molecule has 9 nitrogen and oxygen atoms in total. The number of hydrogen-bond acceptors (Lipinski definition) is 7. The first-order valence-electron chi connectivity index (χ1n) is 15.2. The molecule has 0 aromatic heterocycles. The van der Waals surface area contributed by atoms with Crippen LogP contribution in [-0.2, 0) is 16.0 Å². The van der Waals surface area contributed by atoms with Gasteiger partial charge in [-0.2, -0.15) is 0 Å². The van der Waals surface area contributed by atoms with Crippen molar-refractivity contribution in [2.75, 3.05) is 33.2 Å². The standard InChI is InChI=1S/C34H45N3O6/c1-20(2)31(34(40)35-17-16-22-10-8-7-9-11-22)37-27-15-13-24-25(19-28(27)39)26(36-21(3)38)14-12-23-18-29(41-4)32(42-5)33(43-6)30(23)24/h10,13,15,18-20,26,31H,7-9,11-12,14,16-17H2,1-6H3,(H,35,40)(H,36,38)(H,37,39)/t26-,31-/m0/s1. The fourth-order valence-electron chi connectivity index (χ4n) is 6.12. The molecule has 2 aliphatic rings. The van der Waals surface area contributed by atoms with Crippen molar-refractivity contribution in [1.29, 1.82) is 0 Å². The van der Waals surface area contributed by atoms with Gasteiger partial charge in [-0.1, -0.05) is 31.6 Å². The Bertz CT molecular complexity index is 1430. The molecule has 232 valence electrons. The van der Waals surface area contributed by atoms with Crippen molar-refractivity contribution in [2.45, 2.75) is 77.8 Å². The van der Waals surface area contributed by atoms with E-state index in [1.807, 2.05) is 26.0 Å². The lowest BCUT2D eigenvalue weighted by molar-refractivity contribution is -0.122. The predicted octanol–water partition coefficient (Wildman–Crippen LogP) is 5.31. The molecule has 9 heteroatoms. The van der Waals surface area contributed by atoms with Crippen molar-refractivity contribution in [2.24, 2.45) is 5.92 Å². The highest BCUT2D eigenvalue weighted by Crippen LogP contribution is 2.50. The molecule has 0 aliphatic heterocycles. The summed E-state index contributed by atoms with van der Waals surface area (Å²) in [6.45, 7) is 5.94. The maximum Gasteiger partial charge on any atom is 0.242 e. The van der Waals surface area contributed by atoms with E-state index >= 15 is 0 Å². The zero-order valence-electron chi connectivity index (χ0n) is 26.2. The number of amides is 2. The molecule has 0 bridgehead atoms. The van der Waals surface area contributed by atoms with E-state index in [-0.39, 0.29) is 23.2 Å². The number of aryl methyl sites for hydroxylation is 1. The van der Waals surface area contributed by atoms with Crippen molar-refractivity contribution in [3.8, 4) is 28.4 Å². The van der Waals surface area contributed by atoms with Crippen LogP contribution in [0, 0.1) is 5.92 Å². The second kappa shape index (κ2) is 14.4. The van der Waals surface area contributed by atoms with Crippen LogP contribution in [0.1, 0.15) is 76.5 Å². The lowest BCUT2D eigenvalue weighted by atomic mass is 9.95. The summed E-state index contributed by atoms with van der Waals surface area (Å²) in [5.41, 5.74) is 4.57. The van der Waals surface area contributed by atoms with Crippen LogP contribution in [0.5, 0.6) is 17.2 Å². The Kier molecular flexibility index (Phi) is 10.7. The highest BCUT2D eigenvalue weighted by Gasteiger charge is 2.30. The Labute approximate surface area is 254 Å². The molecule has 0 saturated heterocycles. The van der Waals surface area contributed by atoms with Crippen molar-refractivity contribution in [1.82, 2.24) is 10.6 Å². The number of rotatable bonds is 11. The number of nitrogens with one attached hydrogen (secondary N) is 3. The van der Waals surface area contributed by atoms with Crippen LogP contribution in [-0.4, -0.2) is 45.7 Å². The minimum atomic E-state index is -0.604. The van der Waals surface area contributed by atoms with Gasteiger partial charge in [-0.25, -0.2) is 0 Å². The number of methoxy groups -OCH3 is 3. The van der Waals surface area contributed by atoms with Crippen LogP contribution in [0.15, 0.2) is 40.7 Å². The minimum Gasteiger partial charge on any atom is -0.493 e. The van der Waals surface area contributed by atoms with Gasteiger partial charge in [0.2, 0.25) is 23.0 Å². The van der Waals surface area contributed by atoms with Gasteiger partial charge in [-0.05, 0) is 85.8 Å². The minimum absolute atomic E-state index is 0.0682. The monoisotopic (exact) mass is 591 g/mol. The Hall–Kier alpha value is -4.01. The average Bonchev–Trinajstić information content (AvgIpc) is 3.23. The first-order chi connectivity index (χ1) is 20.7. The van der Waals surface area contributed by atoms with Crippen molar-refractivity contribution in [3.63, 3.8) is 0 Å². The van der Waals surface area contributed by atoms with Gasteiger partial charge in [0, 0.05) is 19.0 Å². The van der Waals surface area contributed by atoms with Crippen LogP contribution < -0.4 is 35.6 Å². The van der Waals surface area contributed by atoms with Crippen molar-refractivity contribution < 1.29 is 23.8 Å². The SMILES string of the molecule is COc1cc2c(c(OC)c1OC)-c1ccc(N[C@H](C(=O)NCCC3=CCCCC3)C(C)C)c(=O)cc1[C@@H](NC(C)=O)CC2. The second-order valence-corrected chi connectivity index (χ2v) is 11.6. The molecule has 0 spiro atoms. The van der Waals surface area contributed by atoms with Crippen LogP contribution in [0.2, 0.25) is 0 Å². The summed E-state index contributed by atoms with van der Waals surface area (Å²) in [4.78, 5) is 39.3. The molecule has 2 atom stereocenters. The van der Waals surface area contributed by atoms with Gasteiger partial charge in [0.1, 0.15) is 6.04 Å². The lowest BCUT2D eigenvalue weighted by Crippen LogP contribution is -2.44. The number of fused-ring (bicyclic) bond motifs is 3. The maximum absolute atomic E-state index is 13.7. The smallest absolute Gasteiger partial charge is 0.242 e. The second-order valence-electron chi connectivity index (χ2n) is 11.6. The van der Waals surface area contributed by atoms with E-state index in [2.05, 4.69) is 22.0 Å². The topological polar surface area (TPSA) is 115 Å². The van der Waals surface area contributed by atoms with E-state index in [4.69, 9.17) is 14.2 Å². The highest BCUT2D eigenvalue weighted by atomic mass is 16.5. The van der Waals surface area contributed by atoms with E-state index in [9.17, 15) is 14.4 Å². The Morgan fingerprint density at radius 3 is 2.40 bits per heavy atom. The zero-order valence-corrected chi connectivity index (χ0v) is 26.2. The first-order valence-corrected chi connectivity index (χ1v) is 15.2. The number of anilines is 1. The molecule has 0 heterocycles. The van der Waals surface area contributed by atoms with E-state index in [1.165, 1.54) is 25.3 Å². The molecule has 2 aliphatic carbocycles. The highest BCUT2D eigenvalue weighted by molar-refractivity contribution is 5.86. The van der Waals surface area contributed by atoms with Gasteiger partial charge >= 0.3 is 0 Å². The van der Waals surface area contributed by atoms with Gasteiger partial charge < -0.3 is 30.2 Å². The molecule has 2 aromatic carbocycles. The van der Waals surface area contributed by atoms with Crippen LogP contribution in [0.4, 0.5) is 5.69 Å². The Morgan fingerprint density at radius 1 is 1.00 bits per heavy atom. The molecule has 43 heavy (non-hydrogen) atoms. The summed E-state index contributed by atoms with van der Waals surface area (Å²) in [7, 11) is 4.69. The molecule has 3 N–H and O–H groups in total. The summed E-state index contributed by atoms with van der Waals surface area (Å²) in [6.07, 6.45) is 8.96. The van der Waals surface area contributed by atoms with Crippen LogP contribution in [0.25, 0.3) is 11.1 Å². The van der Waals surface area contributed by atoms with Crippen molar-refractivity contribution in [3.05, 3.63) is 57.3 Å². The quantitative estimate of drug-likeness (QED) is 0.304. The third-order valence-corrected chi connectivity index (χ3v) is 8.31. The number of hydrogen-bond donors (Lipinski definition) is 3. The van der Waals surface area contributed by atoms with Gasteiger partial charge in [0.05, 0.1) is 33.1 Å². The summed E-state index contributed by atoms with van der Waals surface area (Å²) in [5.74, 6) is 1.07. The molecule has 0 unspecified atom stereocenters. The lowest BCUT2D eigenvalue weighted by Gasteiger charge is -2.22. The van der Waals surface area contributed by atoms with Gasteiger partial charge in [0.25, 0.3) is 0 Å². The van der Waals surface area contributed by atoms with Crippen LogP contribution in [0.3, 0.4) is 0 Å². The molecular formula is C34H45N3O6. The summed E-state index contributed by atoms with van der Waals surface area (Å²) >= 11 is 0. The molecule has 4 rings (SSSR count). The molecule has 0 fully saturated rings. The number of ether oxygens (including phenoxy) is 3. The van der Waals surface area contributed by atoms with Gasteiger partial charge in [-0.15, -0.1) is 0 Å². The van der Waals surface area contributed by atoms with Gasteiger partial charge in [-0.3, -0.25) is 14.4 Å². The average molecular weight is 592 g/mol. The van der Waals surface area contributed by atoms with E-state index in [0.29, 0.717) is 47.9 Å². The Morgan fingerprint density at radius 2 is 1.77 bits per heavy atom. The maximum atomic E-state index is 13.7. The summed E-state index contributed by atoms with van der Waals surface area (Å²) in [6, 6.07) is 6.04. The fraction of sp³-hybridized carbons (Fsp3) is 0.500. The number of carbonyl (C=O) groups is 2. The van der Waals surface area contributed by atoms with E-state index in [0.717, 1.165) is 36.0 Å². The molecule has 0 saturated carbocycles. The third kappa shape index (κ3) is 7.32. The number of carbonyl (C=O) groups excluding carboxylic acids is 2. The number of allylic oxidation sites excluding steroid dienone is 1. The van der Waals surface area contributed by atoms with E-state index in [1.54, 1.807) is 33.5 Å². The van der Waals surface area contributed by atoms with E-state index < -0.39 is 12.1 Å². The zero-order chi connectivity index (χ0) is 31.1. The van der Waals surface area contributed by atoms with Crippen molar-refractivity contribution >= 4 is 17.5 Å². The summed E-state index contributed by atoms with van der Waals surface area (Å²) in [5, 5.41) is 9.33. The molecule has 2 amide bonds. The fourth-order valence-corrected chi connectivity index (χ4v) is 6.12. The first kappa shape index (κ1) is 31.9. The summed E-state index contributed by atoms with van der Waals surface area (Å²) < 4.78 is 17.1. The Balaban J connectivity index is 1.74. The molecular weight excluding hydrogens is 546 g/mol. The van der Waals surface area contributed by atoms with Gasteiger partial charge in [0.15, 0.2) is 11.5 Å². The largest absolute Gasteiger partial charge is 0.493 e. The normalized spacial score (nSPS) is 16.5.